The van der Waals surface area contributed by atoms with E-state index in [1.54, 1.807) is 18.2 Å². The molecule has 0 aliphatic carbocycles. The summed E-state index contributed by atoms with van der Waals surface area (Å²) in [6, 6.07) is 14.5. The van der Waals surface area contributed by atoms with Crippen LogP contribution in [0.2, 0.25) is 0 Å². The molecule has 0 saturated carbocycles. The molecule has 1 heterocycles. The van der Waals surface area contributed by atoms with Gasteiger partial charge >= 0.3 is 0 Å². The van der Waals surface area contributed by atoms with E-state index in [0.29, 0.717) is 22.7 Å². The van der Waals surface area contributed by atoms with E-state index in [1.807, 2.05) is 43.3 Å². The van der Waals surface area contributed by atoms with Crippen LogP contribution in [-0.4, -0.2) is 34.8 Å². The molecular weight excluding hydrogens is 442 g/mol. The Morgan fingerprint density at radius 2 is 1.59 bits per heavy atom. The summed E-state index contributed by atoms with van der Waals surface area (Å²) in [5.74, 6) is -0.317. The van der Waals surface area contributed by atoms with Gasteiger partial charge in [0.05, 0.1) is 15.4 Å². The highest BCUT2D eigenvalue weighted by Gasteiger charge is 2.25. The summed E-state index contributed by atoms with van der Waals surface area (Å²) in [5.41, 5.74) is 1.83. The van der Waals surface area contributed by atoms with Crippen molar-refractivity contribution in [1.29, 1.82) is 0 Å². The molecule has 4 aromatic rings. The van der Waals surface area contributed by atoms with Crippen molar-refractivity contribution >= 4 is 39.8 Å². The average molecular weight is 461 g/mol. The molecule has 4 rings (SSSR count). The Morgan fingerprint density at radius 1 is 0.971 bits per heavy atom. The lowest BCUT2D eigenvalue weighted by molar-refractivity contribution is -0.395. The summed E-state index contributed by atoms with van der Waals surface area (Å²) in [5, 5.41) is 25.2. The number of nitro benzene ring substituents is 2. The largest absolute Gasteiger partial charge is 0.436 e. The molecule has 1 aromatic heterocycles. The van der Waals surface area contributed by atoms with E-state index >= 15 is 0 Å². The quantitative estimate of drug-likeness (QED) is 0.314. The third-order valence-electron chi connectivity index (χ3n) is 5.28. The normalized spacial score (nSPS) is 10.8. The summed E-state index contributed by atoms with van der Waals surface area (Å²) in [6.45, 7) is 1.27. The van der Waals surface area contributed by atoms with Gasteiger partial charge in [-0.25, -0.2) is 4.98 Å². The van der Waals surface area contributed by atoms with Crippen molar-refractivity contribution in [3.05, 3.63) is 86.0 Å². The fraction of sp³-hybridized carbons (Fsp3) is 0.130. The maximum absolute atomic E-state index is 12.7. The van der Waals surface area contributed by atoms with Crippen molar-refractivity contribution in [3.63, 3.8) is 0 Å². The first-order valence-electron chi connectivity index (χ1n) is 10.1. The fourth-order valence-electron chi connectivity index (χ4n) is 3.43. The molecule has 0 aliphatic heterocycles. The van der Waals surface area contributed by atoms with Crippen molar-refractivity contribution in [1.82, 2.24) is 4.98 Å². The Kier molecular flexibility index (Phi) is 5.68. The minimum atomic E-state index is -0.757. The molecule has 11 nitrogen and oxygen atoms in total. The van der Waals surface area contributed by atoms with Crippen molar-refractivity contribution < 1.29 is 19.1 Å². The van der Waals surface area contributed by atoms with Crippen LogP contribution < -0.4 is 10.2 Å². The highest BCUT2D eigenvalue weighted by Crippen LogP contribution is 2.31. The van der Waals surface area contributed by atoms with E-state index in [4.69, 9.17) is 4.42 Å². The highest BCUT2D eigenvalue weighted by molar-refractivity contribution is 6.06. The minimum Gasteiger partial charge on any atom is -0.436 e. The molecule has 34 heavy (non-hydrogen) atoms. The van der Waals surface area contributed by atoms with Crippen LogP contribution in [0.5, 0.6) is 0 Å². The second kappa shape index (κ2) is 8.62. The Balaban J connectivity index is 1.62. The molecular formula is C23H19N5O6. The second-order valence-corrected chi connectivity index (χ2v) is 7.75. The molecule has 0 spiro atoms. The number of nitro groups is 2. The molecule has 0 unspecified atom stereocenters. The van der Waals surface area contributed by atoms with Gasteiger partial charge in [-0.2, -0.15) is 0 Å². The van der Waals surface area contributed by atoms with Gasteiger partial charge < -0.3 is 14.6 Å². The molecule has 11 heteroatoms. The first-order chi connectivity index (χ1) is 16.1. The van der Waals surface area contributed by atoms with Gasteiger partial charge in [0.25, 0.3) is 17.3 Å². The Bertz CT molecular complexity index is 1410. The van der Waals surface area contributed by atoms with Crippen molar-refractivity contribution in [3.8, 4) is 11.5 Å². The predicted octanol–water partition coefficient (Wildman–Crippen LogP) is 4.94. The lowest BCUT2D eigenvalue weighted by Gasteiger charge is -2.11. The number of hydrogen-bond acceptors (Lipinski definition) is 8. The molecule has 0 fully saturated rings. The molecule has 0 aliphatic rings. The smallest absolute Gasteiger partial charge is 0.279 e. The van der Waals surface area contributed by atoms with Gasteiger partial charge in [-0.1, -0.05) is 0 Å². The summed E-state index contributed by atoms with van der Waals surface area (Å²) < 4.78 is 5.81. The van der Waals surface area contributed by atoms with E-state index in [1.165, 1.54) is 6.92 Å². The number of fused-ring (bicyclic) bond motifs is 1. The summed E-state index contributed by atoms with van der Waals surface area (Å²) in [4.78, 5) is 40.2. The number of carbonyl (C=O) groups excluding carboxylic acids is 1. The zero-order valence-electron chi connectivity index (χ0n) is 18.4. The molecule has 3 aromatic carbocycles. The van der Waals surface area contributed by atoms with Crippen LogP contribution in [0.15, 0.2) is 59.0 Å². The summed E-state index contributed by atoms with van der Waals surface area (Å²) in [6.07, 6.45) is 0. The van der Waals surface area contributed by atoms with Crippen LogP contribution in [0, 0.1) is 27.2 Å². The van der Waals surface area contributed by atoms with Crippen LogP contribution in [0.3, 0.4) is 0 Å². The van der Waals surface area contributed by atoms with E-state index < -0.39 is 27.1 Å². The van der Waals surface area contributed by atoms with E-state index in [0.717, 1.165) is 23.4 Å². The standard InChI is InChI=1S/C23H19N5O6/c1-13-19(27(30)31)10-15(11-20(13)28(32)33)22(29)24-16-6-9-21-18(12-16)25-23(34-21)14-4-7-17(8-5-14)26(2)3/h4-12H,1-3H3,(H,24,29). The topological polar surface area (TPSA) is 145 Å². The number of benzene rings is 3. The van der Waals surface area contributed by atoms with E-state index in [9.17, 15) is 25.0 Å². The Morgan fingerprint density at radius 3 is 2.15 bits per heavy atom. The number of anilines is 2. The van der Waals surface area contributed by atoms with Crippen molar-refractivity contribution in [2.24, 2.45) is 0 Å². The van der Waals surface area contributed by atoms with Crippen LogP contribution in [-0.2, 0) is 0 Å². The molecule has 1 N–H and O–H groups in total. The molecule has 172 valence electrons. The van der Waals surface area contributed by atoms with Gasteiger partial charge in [0.15, 0.2) is 5.58 Å². The SMILES string of the molecule is Cc1c([N+](=O)[O-])cc(C(=O)Nc2ccc3oc(-c4ccc(N(C)C)cc4)nc3c2)cc1[N+](=O)[O-]. The van der Waals surface area contributed by atoms with Crippen LogP contribution >= 0.6 is 0 Å². The number of hydrogen-bond donors (Lipinski definition) is 1. The van der Waals surface area contributed by atoms with Crippen LogP contribution in [0.4, 0.5) is 22.7 Å². The van der Waals surface area contributed by atoms with Crippen molar-refractivity contribution in [2.75, 3.05) is 24.3 Å². The van der Waals surface area contributed by atoms with E-state index in [2.05, 4.69) is 10.3 Å². The minimum absolute atomic E-state index is 0.123. The van der Waals surface area contributed by atoms with E-state index in [-0.39, 0.29) is 11.1 Å². The van der Waals surface area contributed by atoms with Gasteiger partial charge in [-0.05, 0) is 49.4 Å². The summed E-state index contributed by atoms with van der Waals surface area (Å²) in [7, 11) is 3.88. The van der Waals surface area contributed by atoms with Gasteiger partial charge in [0.2, 0.25) is 5.89 Å². The monoisotopic (exact) mass is 461 g/mol. The molecule has 0 radical (unpaired) electrons. The van der Waals surface area contributed by atoms with Crippen LogP contribution in [0.1, 0.15) is 15.9 Å². The predicted molar refractivity (Wildman–Crippen MR) is 126 cm³/mol. The number of aromatic nitrogens is 1. The zero-order valence-corrected chi connectivity index (χ0v) is 18.4. The number of carbonyl (C=O) groups is 1. The second-order valence-electron chi connectivity index (χ2n) is 7.75. The first kappa shape index (κ1) is 22.4. The van der Waals surface area contributed by atoms with Crippen molar-refractivity contribution in [2.45, 2.75) is 6.92 Å². The van der Waals surface area contributed by atoms with Crippen LogP contribution in [0.25, 0.3) is 22.6 Å². The van der Waals surface area contributed by atoms with Gasteiger partial charge in [0.1, 0.15) is 11.1 Å². The third-order valence-corrected chi connectivity index (χ3v) is 5.28. The number of oxazole rings is 1. The van der Waals surface area contributed by atoms with Gasteiger partial charge in [-0.15, -0.1) is 0 Å². The summed E-state index contributed by atoms with van der Waals surface area (Å²) >= 11 is 0. The Hall–Kier alpha value is -4.80. The third kappa shape index (κ3) is 4.26. The maximum atomic E-state index is 12.7. The first-order valence-corrected chi connectivity index (χ1v) is 10.1. The number of rotatable bonds is 6. The van der Waals surface area contributed by atoms with Gasteiger partial charge in [0, 0.05) is 43.2 Å². The average Bonchev–Trinajstić information content (AvgIpc) is 3.22. The maximum Gasteiger partial charge on any atom is 0.279 e. The zero-order chi connectivity index (χ0) is 24.6. The molecule has 0 bridgehead atoms. The number of amides is 1. The fourth-order valence-corrected chi connectivity index (χ4v) is 3.43. The highest BCUT2D eigenvalue weighted by atomic mass is 16.6. The molecule has 0 atom stereocenters. The Labute approximate surface area is 192 Å². The van der Waals surface area contributed by atoms with Gasteiger partial charge in [-0.3, -0.25) is 25.0 Å². The number of nitrogens with zero attached hydrogens (tertiary/aromatic N) is 4. The molecule has 1 amide bonds. The number of nitrogens with one attached hydrogen (secondary N) is 1. The molecule has 0 saturated heterocycles. The lowest BCUT2D eigenvalue weighted by atomic mass is 10.1. The lowest BCUT2D eigenvalue weighted by Crippen LogP contribution is -2.13.